The van der Waals surface area contributed by atoms with Crippen LogP contribution in [0, 0.1) is 0 Å². The minimum Gasteiger partial charge on any atom is -0.480 e. The predicted molar refractivity (Wildman–Crippen MR) is 191 cm³/mol. The number of nitrogens with one attached hydrogen (secondary N) is 2. The van der Waals surface area contributed by atoms with Crippen LogP contribution in [0.4, 0.5) is 9.59 Å². The quantitative estimate of drug-likeness (QED) is 0.134. The van der Waals surface area contributed by atoms with E-state index in [0.29, 0.717) is 0 Å². The summed E-state index contributed by atoms with van der Waals surface area (Å²) < 4.78 is 10.5. The van der Waals surface area contributed by atoms with Gasteiger partial charge < -0.3 is 30.3 Å². The summed E-state index contributed by atoms with van der Waals surface area (Å²) in [5, 5.41) is 24.5. The van der Waals surface area contributed by atoms with Crippen molar-refractivity contribution in [1.82, 2.24) is 10.6 Å². The molecule has 10 heteroatoms. The van der Waals surface area contributed by atoms with Gasteiger partial charge in [-0.05, 0) is 63.8 Å². The van der Waals surface area contributed by atoms with E-state index in [1.165, 1.54) is 0 Å². The van der Waals surface area contributed by atoms with E-state index in [0.717, 1.165) is 22.3 Å². The maximum absolute atomic E-state index is 12.1. The Hall–Kier alpha value is -5.64. The second kappa shape index (κ2) is 17.7. The third-order valence-corrected chi connectivity index (χ3v) is 7.18. The third kappa shape index (κ3) is 12.4. The number of carboxylic acids is 2. The van der Waals surface area contributed by atoms with Crippen LogP contribution in [0.2, 0.25) is 0 Å². The smallest absolute Gasteiger partial charge is 0.408 e. The molecule has 0 aliphatic rings. The Balaban J connectivity index is 0.000000270. The van der Waals surface area contributed by atoms with Crippen LogP contribution in [0.1, 0.15) is 75.6 Å². The summed E-state index contributed by atoms with van der Waals surface area (Å²) in [5.74, 6) is -3.31. The van der Waals surface area contributed by atoms with Gasteiger partial charge in [0.05, 0.1) is 0 Å². The van der Waals surface area contributed by atoms with Crippen LogP contribution in [-0.4, -0.2) is 57.6 Å². The number of carboxylic acid groups (broad SMARTS) is 2. The number of carbonyl (C=O) groups is 4. The third-order valence-electron chi connectivity index (χ3n) is 7.18. The topological polar surface area (TPSA) is 151 Å². The molecule has 4 rings (SSSR count). The first kappa shape index (κ1) is 38.8. The summed E-state index contributed by atoms with van der Waals surface area (Å²) in [6.07, 6.45) is -1.51. The Kier molecular flexibility index (Phi) is 13.7. The van der Waals surface area contributed by atoms with Crippen LogP contribution < -0.4 is 10.6 Å². The molecule has 2 amide bonds. The van der Waals surface area contributed by atoms with E-state index in [4.69, 9.17) is 9.47 Å². The monoisotopic (exact) mass is 682 g/mol. The number of alkyl carbamates (subject to hydrolysis) is 2. The Bertz CT molecular complexity index is 1460. The van der Waals surface area contributed by atoms with E-state index in [1.54, 1.807) is 41.5 Å². The molecule has 4 N–H and O–H groups in total. The SMILES string of the molecule is CC(C)(C)OC(=O)N[C@H](C(=O)O)C(c1ccccc1)c1ccccc1.CC(C)(C)OC(=O)N[C@H](C(=O)O)C(c1ccccc1)c1ccccc1. The van der Waals surface area contributed by atoms with Crippen molar-refractivity contribution >= 4 is 24.1 Å². The van der Waals surface area contributed by atoms with E-state index in [9.17, 15) is 29.4 Å². The molecule has 50 heavy (non-hydrogen) atoms. The summed E-state index contributed by atoms with van der Waals surface area (Å²) in [5.41, 5.74) is 1.80. The van der Waals surface area contributed by atoms with Crippen molar-refractivity contribution < 1.29 is 38.9 Å². The highest BCUT2D eigenvalue weighted by molar-refractivity contribution is 5.82. The highest BCUT2D eigenvalue weighted by Crippen LogP contribution is 2.30. The molecule has 10 nitrogen and oxygen atoms in total. The predicted octanol–water partition coefficient (Wildman–Crippen LogP) is 7.59. The molecule has 0 saturated carbocycles. The lowest BCUT2D eigenvalue weighted by Gasteiger charge is -2.27. The molecule has 0 aromatic heterocycles. The molecular formula is C40H46N2O8. The summed E-state index contributed by atoms with van der Waals surface area (Å²) >= 11 is 0. The Labute approximate surface area is 293 Å². The lowest BCUT2D eigenvalue weighted by molar-refractivity contribution is -0.140. The average Bonchev–Trinajstić information content (AvgIpc) is 3.05. The van der Waals surface area contributed by atoms with Crippen molar-refractivity contribution in [3.05, 3.63) is 144 Å². The van der Waals surface area contributed by atoms with Gasteiger partial charge in [-0.3, -0.25) is 0 Å². The maximum Gasteiger partial charge on any atom is 0.408 e. The molecule has 0 aliphatic carbocycles. The first-order valence-corrected chi connectivity index (χ1v) is 16.2. The van der Waals surface area contributed by atoms with Crippen LogP contribution in [0.5, 0.6) is 0 Å². The van der Waals surface area contributed by atoms with Crippen molar-refractivity contribution in [1.29, 1.82) is 0 Å². The number of rotatable bonds is 10. The Morgan fingerprint density at radius 2 is 0.680 bits per heavy atom. The highest BCUT2D eigenvalue weighted by Gasteiger charge is 2.35. The van der Waals surface area contributed by atoms with Crippen molar-refractivity contribution in [2.24, 2.45) is 0 Å². The second-order valence-electron chi connectivity index (χ2n) is 13.5. The van der Waals surface area contributed by atoms with Gasteiger partial charge in [-0.1, -0.05) is 121 Å². The molecule has 2 atom stereocenters. The largest absolute Gasteiger partial charge is 0.480 e. The molecule has 0 bridgehead atoms. The fraction of sp³-hybridized carbons (Fsp3) is 0.300. The average molecular weight is 683 g/mol. The van der Waals surface area contributed by atoms with Gasteiger partial charge in [0.25, 0.3) is 0 Å². The number of benzene rings is 4. The van der Waals surface area contributed by atoms with Gasteiger partial charge in [0, 0.05) is 11.8 Å². The fourth-order valence-electron chi connectivity index (χ4n) is 5.24. The first-order valence-electron chi connectivity index (χ1n) is 16.2. The molecule has 0 spiro atoms. The summed E-state index contributed by atoms with van der Waals surface area (Å²) in [7, 11) is 0. The van der Waals surface area contributed by atoms with Gasteiger partial charge >= 0.3 is 24.1 Å². The lowest BCUT2D eigenvalue weighted by atomic mass is 9.85. The van der Waals surface area contributed by atoms with E-state index < -0.39 is 59.2 Å². The summed E-state index contributed by atoms with van der Waals surface area (Å²) in [6.45, 7) is 10.4. The van der Waals surface area contributed by atoms with E-state index in [2.05, 4.69) is 10.6 Å². The van der Waals surface area contributed by atoms with E-state index in [1.807, 2.05) is 121 Å². The van der Waals surface area contributed by atoms with Gasteiger partial charge in [-0.25, -0.2) is 19.2 Å². The van der Waals surface area contributed by atoms with Crippen LogP contribution in [0.3, 0.4) is 0 Å². The minimum atomic E-state index is -1.15. The van der Waals surface area contributed by atoms with Crippen molar-refractivity contribution in [2.75, 3.05) is 0 Å². The lowest BCUT2D eigenvalue weighted by Crippen LogP contribution is -2.47. The second-order valence-corrected chi connectivity index (χ2v) is 13.5. The maximum atomic E-state index is 12.1. The Morgan fingerprint density at radius 1 is 0.460 bits per heavy atom. The molecule has 264 valence electrons. The zero-order valence-electron chi connectivity index (χ0n) is 29.2. The van der Waals surface area contributed by atoms with Crippen LogP contribution in [-0.2, 0) is 19.1 Å². The molecule has 0 fully saturated rings. The zero-order chi connectivity index (χ0) is 36.9. The fourth-order valence-corrected chi connectivity index (χ4v) is 5.24. The van der Waals surface area contributed by atoms with Gasteiger partial charge in [-0.15, -0.1) is 0 Å². The number of ether oxygens (including phenoxy) is 2. The van der Waals surface area contributed by atoms with Crippen molar-refractivity contribution in [3.8, 4) is 0 Å². The number of amides is 2. The van der Waals surface area contributed by atoms with Crippen LogP contribution in [0.15, 0.2) is 121 Å². The van der Waals surface area contributed by atoms with Gasteiger partial charge in [0.1, 0.15) is 23.3 Å². The number of carbonyl (C=O) groups excluding carboxylic acids is 2. The van der Waals surface area contributed by atoms with Gasteiger partial charge in [-0.2, -0.15) is 0 Å². The normalized spacial score (nSPS) is 12.5. The molecule has 0 aliphatic heterocycles. The van der Waals surface area contributed by atoms with Crippen LogP contribution in [0.25, 0.3) is 0 Å². The number of hydrogen-bond donors (Lipinski definition) is 4. The molecule has 4 aromatic rings. The molecular weight excluding hydrogens is 636 g/mol. The molecule has 0 heterocycles. The molecule has 0 saturated heterocycles. The van der Waals surface area contributed by atoms with Crippen molar-refractivity contribution in [3.63, 3.8) is 0 Å². The van der Waals surface area contributed by atoms with E-state index in [-0.39, 0.29) is 0 Å². The zero-order valence-corrected chi connectivity index (χ0v) is 29.2. The first-order chi connectivity index (χ1) is 23.6. The molecule has 4 aromatic carbocycles. The number of aliphatic carboxylic acids is 2. The van der Waals surface area contributed by atoms with Gasteiger partial charge in [0.15, 0.2) is 0 Å². The van der Waals surface area contributed by atoms with Gasteiger partial charge in [0.2, 0.25) is 0 Å². The summed E-state index contributed by atoms with van der Waals surface area (Å²) in [4.78, 5) is 48.1. The standard InChI is InChI=1S/2C20H23NO4/c2*1-20(2,3)25-19(24)21-17(18(22)23)16(14-10-6-4-7-11-14)15-12-8-5-9-13-15/h2*4-13,16-17H,1-3H3,(H,21,24)(H,22,23)/t2*17-/m00/s1. The van der Waals surface area contributed by atoms with E-state index >= 15 is 0 Å². The van der Waals surface area contributed by atoms with Crippen molar-refractivity contribution in [2.45, 2.75) is 76.7 Å². The minimum absolute atomic E-state index is 0.535. The molecule has 0 radical (unpaired) electrons. The van der Waals surface area contributed by atoms with Crippen LogP contribution >= 0.6 is 0 Å². The Morgan fingerprint density at radius 3 is 0.860 bits per heavy atom. The summed E-state index contributed by atoms with van der Waals surface area (Å²) in [6, 6.07) is 34.7. The molecule has 0 unspecified atom stereocenters. The number of hydrogen-bond acceptors (Lipinski definition) is 6. The highest BCUT2D eigenvalue weighted by atomic mass is 16.6.